The van der Waals surface area contributed by atoms with Gasteiger partial charge in [0.05, 0.1) is 0 Å². The van der Waals surface area contributed by atoms with Crippen molar-refractivity contribution in [2.45, 2.75) is 51.5 Å². The minimum absolute atomic E-state index is 0.147. The highest BCUT2D eigenvalue weighted by molar-refractivity contribution is 5.92. The van der Waals surface area contributed by atoms with Crippen LogP contribution in [0, 0.1) is 29.0 Å². The third kappa shape index (κ3) is 2.99. The van der Waals surface area contributed by atoms with Crippen LogP contribution in [0.2, 0.25) is 0 Å². The Labute approximate surface area is 159 Å². The zero-order chi connectivity index (χ0) is 18.6. The molecule has 1 atom stereocenters. The van der Waals surface area contributed by atoms with Crippen molar-refractivity contribution in [1.29, 1.82) is 0 Å². The van der Waals surface area contributed by atoms with Crippen molar-refractivity contribution in [3.8, 4) is 11.3 Å². The molecule has 4 fully saturated rings. The van der Waals surface area contributed by atoms with Gasteiger partial charge in [0.25, 0.3) is 5.91 Å². The molecule has 4 saturated carbocycles. The average molecular weight is 367 g/mol. The van der Waals surface area contributed by atoms with E-state index in [0.717, 1.165) is 23.3 Å². The lowest BCUT2D eigenvalue weighted by Crippen LogP contribution is -2.55. The van der Waals surface area contributed by atoms with E-state index in [1.54, 1.807) is 24.3 Å². The minimum Gasteiger partial charge on any atom is -0.451 e. The molecule has 1 amide bonds. The largest absolute Gasteiger partial charge is 0.451 e. The first-order chi connectivity index (χ1) is 13.0. The van der Waals surface area contributed by atoms with Gasteiger partial charge in [-0.1, -0.05) is 0 Å². The average Bonchev–Trinajstić information content (AvgIpc) is 3.11. The molecule has 4 heteroatoms. The number of rotatable bonds is 4. The summed E-state index contributed by atoms with van der Waals surface area (Å²) in [5, 5.41) is 3.23. The molecule has 27 heavy (non-hydrogen) atoms. The zero-order valence-corrected chi connectivity index (χ0v) is 15.7. The first kappa shape index (κ1) is 17.0. The molecule has 142 valence electrons. The van der Waals surface area contributed by atoms with Crippen molar-refractivity contribution in [1.82, 2.24) is 5.32 Å². The molecule has 4 bridgehead atoms. The highest BCUT2D eigenvalue weighted by atomic mass is 19.1. The van der Waals surface area contributed by atoms with E-state index in [0.29, 0.717) is 11.5 Å². The second kappa shape index (κ2) is 6.22. The van der Waals surface area contributed by atoms with Gasteiger partial charge in [0, 0.05) is 11.6 Å². The van der Waals surface area contributed by atoms with Crippen LogP contribution in [0.4, 0.5) is 4.39 Å². The summed E-state index contributed by atoms with van der Waals surface area (Å²) in [6, 6.07) is 9.76. The van der Waals surface area contributed by atoms with Gasteiger partial charge in [0.2, 0.25) is 0 Å². The van der Waals surface area contributed by atoms with Crippen LogP contribution in [-0.2, 0) is 0 Å². The molecular weight excluding hydrogens is 341 g/mol. The minimum atomic E-state index is -0.285. The Bertz CT molecular complexity index is 818. The SMILES string of the molecule is C[C@H](NC(=O)c1ccc(-c2ccc(F)cc2)o1)C12CC3CC(CC(C3)C1)C2. The zero-order valence-electron chi connectivity index (χ0n) is 15.7. The first-order valence-electron chi connectivity index (χ1n) is 10.2. The number of hydrogen-bond acceptors (Lipinski definition) is 2. The number of nitrogens with one attached hydrogen (secondary N) is 1. The van der Waals surface area contributed by atoms with Gasteiger partial charge >= 0.3 is 0 Å². The van der Waals surface area contributed by atoms with Gasteiger partial charge in [-0.05, 0) is 105 Å². The molecule has 1 aromatic carbocycles. The highest BCUT2D eigenvalue weighted by Gasteiger charge is 2.53. The molecule has 1 aromatic heterocycles. The van der Waals surface area contributed by atoms with E-state index in [1.165, 1.54) is 50.7 Å². The third-order valence-electron chi connectivity index (χ3n) is 7.31. The van der Waals surface area contributed by atoms with Crippen molar-refractivity contribution in [3.05, 3.63) is 48.0 Å². The molecule has 4 aliphatic rings. The van der Waals surface area contributed by atoms with E-state index >= 15 is 0 Å². The number of benzene rings is 1. The number of halogens is 1. The number of hydrogen-bond donors (Lipinski definition) is 1. The summed E-state index contributed by atoms with van der Waals surface area (Å²) in [5.41, 5.74) is 1.04. The molecule has 0 unspecified atom stereocenters. The molecule has 1 heterocycles. The van der Waals surface area contributed by atoms with E-state index in [-0.39, 0.29) is 23.2 Å². The Hall–Kier alpha value is -2.10. The van der Waals surface area contributed by atoms with Crippen LogP contribution in [0.15, 0.2) is 40.8 Å². The number of furan rings is 1. The maximum atomic E-state index is 13.1. The fourth-order valence-electron chi connectivity index (χ4n) is 6.36. The van der Waals surface area contributed by atoms with Gasteiger partial charge in [-0.3, -0.25) is 4.79 Å². The third-order valence-corrected chi connectivity index (χ3v) is 7.31. The Morgan fingerprint density at radius 1 is 1.04 bits per heavy atom. The predicted molar refractivity (Wildman–Crippen MR) is 102 cm³/mol. The van der Waals surface area contributed by atoms with Crippen LogP contribution in [0.5, 0.6) is 0 Å². The van der Waals surface area contributed by atoms with Crippen molar-refractivity contribution in [2.75, 3.05) is 0 Å². The van der Waals surface area contributed by atoms with E-state index < -0.39 is 0 Å². The van der Waals surface area contributed by atoms with Crippen molar-refractivity contribution in [2.24, 2.45) is 23.2 Å². The highest BCUT2D eigenvalue weighted by Crippen LogP contribution is 2.61. The Kier molecular flexibility index (Phi) is 3.92. The van der Waals surface area contributed by atoms with Crippen LogP contribution >= 0.6 is 0 Å². The van der Waals surface area contributed by atoms with Gasteiger partial charge < -0.3 is 9.73 Å². The van der Waals surface area contributed by atoms with Crippen molar-refractivity contribution in [3.63, 3.8) is 0 Å². The molecule has 6 rings (SSSR count). The second-order valence-corrected chi connectivity index (χ2v) is 9.15. The molecule has 0 spiro atoms. The maximum absolute atomic E-state index is 13.1. The number of carbonyl (C=O) groups is 1. The van der Waals surface area contributed by atoms with E-state index in [9.17, 15) is 9.18 Å². The Morgan fingerprint density at radius 3 is 2.22 bits per heavy atom. The lowest BCUT2D eigenvalue weighted by Gasteiger charge is -2.59. The molecule has 0 radical (unpaired) electrons. The summed E-state index contributed by atoms with van der Waals surface area (Å²) in [6.07, 6.45) is 8.00. The summed E-state index contributed by atoms with van der Waals surface area (Å²) in [6.45, 7) is 2.18. The molecule has 1 N–H and O–H groups in total. The second-order valence-electron chi connectivity index (χ2n) is 9.15. The lowest BCUT2D eigenvalue weighted by molar-refractivity contribution is -0.0688. The number of amides is 1. The first-order valence-corrected chi connectivity index (χ1v) is 10.2. The fraction of sp³-hybridized carbons (Fsp3) is 0.522. The lowest BCUT2D eigenvalue weighted by atomic mass is 9.48. The van der Waals surface area contributed by atoms with Crippen LogP contribution in [0.25, 0.3) is 11.3 Å². The summed E-state index contributed by atoms with van der Waals surface area (Å²) in [4.78, 5) is 12.8. The van der Waals surface area contributed by atoms with E-state index in [4.69, 9.17) is 4.42 Å². The number of carbonyl (C=O) groups excluding carboxylic acids is 1. The molecular formula is C23H26FNO2. The predicted octanol–water partition coefficient (Wildman–Crippen LogP) is 5.42. The standard InChI is InChI=1S/C23H26FNO2/c1-14(23-11-15-8-16(12-23)10-17(9-15)13-23)25-22(26)21-7-6-20(27-21)18-2-4-19(24)5-3-18/h2-7,14-17H,8-13H2,1H3,(H,25,26)/t14-,15?,16?,17?,23?/m0/s1. The quantitative estimate of drug-likeness (QED) is 0.784. The van der Waals surface area contributed by atoms with Gasteiger partial charge in [0.1, 0.15) is 11.6 Å². The van der Waals surface area contributed by atoms with E-state index in [1.807, 2.05) is 0 Å². The van der Waals surface area contributed by atoms with Gasteiger partial charge in [0.15, 0.2) is 5.76 Å². The Morgan fingerprint density at radius 2 is 1.63 bits per heavy atom. The fourth-order valence-corrected chi connectivity index (χ4v) is 6.36. The molecule has 0 saturated heterocycles. The maximum Gasteiger partial charge on any atom is 0.287 e. The van der Waals surface area contributed by atoms with E-state index in [2.05, 4.69) is 12.2 Å². The summed E-state index contributed by atoms with van der Waals surface area (Å²) >= 11 is 0. The van der Waals surface area contributed by atoms with Crippen molar-refractivity contribution >= 4 is 5.91 Å². The van der Waals surface area contributed by atoms with Crippen LogP contribution in [0.3, 0.4) is 0 Å². The summed E-state index contributed by atoms with van der Waals surface area (Å²) < 4.78 is 18.9. The Balaban J connectivity index is 1.30. The van der Waals surface area contributed by atoms with Crippen LogP contribution in [0.1, 0.15) is 56.0 Å². The summed E-state index contributed by atoms with van der Waals surface area (Å²) in [5.74, 6) is 3.07. The van der Waals surface area contributed by atoms with Gasteiger partial charge in [-0.2, -0.15) is 0 Å². The smallest absolute Gasteiger partial charge is 0.287 e. The normalized spacial score (nSPS) is 32.4. The molecule has 0 aliphatic heterocycles. The molecule has 2 aromatic rings. The summed E-state index contributed by atoms with van der Waals surface area (Å²) in [7, 11) is 0. The van der Waals surface area contributed by atoms with Crippen LogP contribution < -0.4 is 5.32 Å². The molecule has 3 nitrogen and oxygen atoms in total. The molecule has 4 aliphatic carbocycles. The van der Waals surface area contributed by atoms with Gasteiger partial charge in [-0.25, -0.2) is 4.39 Å². The topological polar surface area (TPSA) is 42.2 Å². The van der Waals surface area contributed by atoms with Crippen LogP contribution in [-0.4, -0.2) is 11.9 Å². The van der Waals surface area contributed by atoms with Gasteiger partial charge in [-0.15, -0.1) is 0 Å². The monoisotopic (exact) mass is 367 g/mol. The van der Waals surface area contributed by atoms with Crippen molar-refractivity contribution < 1.29 is 13.6 Å².